The number of nitrogens with zero attached hydrogens (tertiary/aromatic N) is 3. The number of hydrogen-bond donors (Lipinski definition) is 0. The van der Waals surface area contributed by atoms with Gasteiger partial charge in [-0.3, -0.25) is 0 Å². The molecule has 5 nitrogen and oxygen atoms in total. The van der Waals surface area contributed by atoms with Crippen molar-refractivity contribution < 1.29 is 14.0 Å². The van der Waals surface area contributed by atoms with Gasteiger partial charge in [0.15, 0.2) is 0 Å². The van der Waals surface area contributed by atoms with Crippen LogP contribution < -0.4 is 0 Å². The third-order valence-electron chi connectivity index (χ3n) is 4.90. The number of hydrogen-bond acceptors (Lipinski definition) is 3. The number of likely N-dealkylation sites (tertiary alicyclic amines) is 1. The van der Waals surface area contributed by atoms with Gasteiger partial charge in [0.05, 0.1) is 31.5 Å². The van der Waals surface area contributed by atoms with Crippen molar-refractivity contribution in [2.45, 2.75) is 45.1 Å². The molecule has 140 valence electrons. The molecule has 2 aromatic rings. The van der Waals surface area contributed by atoms with Gasteiger partial charge in [-0.1, -0.05) is 15.9 Å². The summed E-state index contributed by atoms with van der Waals surface area (Å²) in [7, 11) is 1.98. The molecule has 1 aromatic carbocycles. The van der Waals surface area contributed by atoms with Gasteiger partial charge in [0.1, 0.15) is 5.60 Å². The van der Waals surface area contributed by atoms with Crippen LogP contribution in [0.25, 0.3) is 5.69 Å². The summed E-state index contributed by atoms with van der Waals surface area (Å²) >= 11 is 3.46. The summed E-state index contributed by atoms with van der Waals surface area (Å²) in [4.78, 5) is 12.5. The van der Waals surface area contributed by atoms with E-state index >= 15 is 0 Å². The number of carbonyl (C=O) groups is 1. The zero-order chi connectivity index (χ0) is 18.9. The minimum atomic E-state index is -0.446. The molecule has 1 amide bonds. The molecule has 1 fully saturated rings. The van der Waals surface area contributed by atoms with Gasteiger partial charge in [-0.15, -0.1) is 0 Å². The van der Waals surface area contributed by atoms with Crippen molar-refractivity contribution >= 4 is 22.0 Å². The molecule has 0 spiro atoms. The van der Waals surface area contributed by atoms with Gasteiger partial charge in [-0.25, -0.2) is 9.16 Å². The summed E-state index contributed by atoms with van der Waals surface area (Å²) < 4.78 is 8.92. The summed E-state index contributed by atoms with van der Waals surface area (Å²) in [5.74, 6) is 0.389. The predicted octanol–water partition coefficient (Wildman–Crippen LogP) is 4.89. The standard InChI is InChI=1S/C20H27BrN3O2/c1-20(2,3)26-19(25)24(4)13-10-15(11-14-24)18-9-12-23(22-18)17-7-5-16(21)6-8-17/h5-9,12,15H,10-11,13-14H2,1-4H3/q+1. The molecule has 0 radical (unpaired) electrons. The first-order valence-electron chi connectivity index (χ1n) is 9.06. The summed E-state index contributed by atoms with van der Waals surface area (Å²) in [6.07, 6.45) is 3.76. The minimum Gasteiger partial charge on any atom is -0.414 e. The quantitative estimate of drug-likeness (QED) is 0.649. The molecule has 1 aliphatic rings. The highest BCUT2D eigenvalue weighted by Crippen LogP contribution is 2.31. The number of ether oxygens (including phenoxy) is 1. The molecule has 0 atom stereocenters. The van der Waals surface area contributed by atoms with Gasteiger partial charge in [-0.05, 0) is 51.1 Å². The largest absolute Gasteiger partial charge is 0.516 e. The van der Waals surface area contributed by atoms with Crippen molar-refractivity contribution in [1.82, 2.24) is 9.78 Å². The maximum atomic E-state index is 12.5. The Morgan fingerprint density at radius 2 is 1.81 bits per heavy atom. The van der Waals surface area contributed by atoms with Crippen LogP contribution in [0.15, 0.2) is 41.0 Å². The van der Waals surface area contributed by atoms with Crippen LogP contribution in [0.2, 0.25) is 0 Å². The number of aromatic nitrogens is 2. The lowest BCUT2D eigenvalue weighted by Gasteiger charge is -2.38. The maximum absolute atomic E-state index is 12.5. The second kappa shape index (κ2) is 7.16. The number of carbonyl (C=O) groups excluding carboxylic acids is 1. The molecule has 1 saturated heterocycles. The number of piperidine rings is 1. The van der Waals surface area contributed by atoms with Crippen LogP contribution in [0.4, 0.5) is 4.79 Å². The Hall–Kier alpha value is -1.66. The van der Waals surface area contributed by atoms with E-state index in [0.29, 0.717) is 10.4 Å². The SMILES string of the molecule is CC(C)(C)OC(=O)[N+]1(C)CCC(c2ccn(-c3ccc(Br)cc3)n2)CC1. The van der Waals surface area contributed by atoms with Crippen LogP contribution in [0.5, 0.6) is 0 Å². The highest BCUT2D eigenvalue weighted by atomic mass is 79.9. The van der Waals surface area contributed by atoms with Crippen LogP contribution in [0, 0.1) is 0 Å². The van der Waals surface area contributed by atoms with Gasteiger partial charge in [0, 0.05) is 29.4 Å². The number of rotatable bonds is 2. The summed E-state index contributed by atoms with van der Waals surface area (Å²) in [6, 6.07) is 10.2. The van der Waals surface area contributed by atoms with Crippen LogP contribution >= 0.6 is 15.9 Å². The van der Waals surface area contributed by atoms with E-state index in [0.717, 1.165) is 41.8 Å². The zero-order valence-electron chi connectivity index (χ0n) is 15.9. The van der Waals surface area contributed by atoms with E-state index < -0.39 is 5.60 Å². The molecule has 6 heteroatoms. The van der Waals surface area contributed by atoms with Crippen LogP contribution in [-0.2, 0) is 4.74 Å². The normalized spacial score (nSPS) is 23.7. The van der Waals surface area contributed by atoms with E-state index in [4.69, 9.17) is 9.84 Å². The first-order valence-corrected chi connectivity index (χ1v) is 9.85. The Morgan fingerprint density at radius 1 is 1.19 bits per heavy atom. The fourth-order valence-corrected chi connectivity index (χ4v) is 3.55. The Labute approximate surface area is 163 Å². The molecule has 0 N–H and O–H groups in total. The molecule has 0 saturated carbocycles. The van der Waals surface area contributed by atoms with E-state index in [2.05, 4.69) is 22.0 Å². The smallest absolute Gasteiger partial charge is 0.414 e. The molecule has 0 unspecified atom stereocenters. The zero-order valence-corrected chi connectivity index (χ0v) is 17.5. The lowest BCUT2D eigenvalue weighted by atomic mass is 9.92. The highest BCUT2D eigenvalue weighted by Gasteiger charge is 2.41. The molecule has 3 rings (SSSR count). The Balaban J connectivity index is 1.65. The second-order valence-electron chi connectivity index (χ2n) is 8.26. The van der Waals surface area contributed by atoms with Crippen molar-refractivity contribution in [3.8, 4) is 5.69 Å². The fourth-order valence-electron chi connectivity index (χ4n) is 3.28. The first-order chi connectivity index (χ1) is 12.2. The fraction of sp³-hybridized carbons (Fsp3) is 0.500. The molecule has 0 bridgehead atoms. The lowest BCUT2D eigenvalue weighted by Crippen LogP contribution is -2.55. The third kappa shape index (κ3) is 4.35. The number of quaternary nitrogens is 1. The van der Waals surface area contributed by atoms with Crippen molar-refractivity contribution in [2.24, 2.45) is 0 Å². The summed E-state index contributed by atoms with van der Waals surface area (Å²) in [5.41, 5.74) is 1.70. The first kappa shape index (κ1) is 19.1. The molecule has 0 aliphatic carbocycles. The van der Waals surface area contributed by atoms with Crippen molar-refractivity contribution in [3.05, 3.63) is 46.7 Å². The minimum absolute atomic E-state index is 0.128. The maximum Gasteiger partial charge on any atom is 0.516 e. The molecule has 26 heavy (non-hydrogen) atoms. The number of benzene rings is 1. The number of amides is 1. The van der Waals surface area contributed by atoms with Gasteiger partial charge in [0.25, 0.3) is 0 Å². The van der Waals surface area contributed by atoms with Gasteiger partial charge in [0.2, 0.25) is 0 Å². The van der Waals surface area contributed by atoms with E-state index in [1.807, 2.05) is 63.0 Å². The topological polar surface area (TPSA) is 44.1 Å². The van der Waals surface area contributed by atoms with Crippen molar-refractivity contribution in [1.29, 1.82) is 0 Å². The van der Waals surface area contributed by atoms with Crippen molar-refractivity contribution in [2.75, 3.05) is 20.1 Å². The Kier molecular flexibility index (Phi) is 5.26. The number of halogens is 1. The van der Waals surface area contributed by atoms with Gasteiger partial charge in [-0.2, -0.15) is 9.89 Å². The van der Waals surface area contributed by atoms with Crippen LogP contribution in [-0.4, -0.2) is 46.1 Å². The lowest BCUT2D eigenvalue weighted by molar-refractivity contribution is -0.844. The van der Waals surface area contributed by atoms with E-state index in [1.54, 1.807) is 0 Å². The van der Waals surface area contributed by atoms with Gasteiger partial charge < -0.3 is 4.74 Å². The Morgan fingerprint density at radius 3 is 2.38 bits per heavy atom. The van der Waals surface area contributed by atoms with E-state index in [1.165, 1.54) is 0 Å². The molecule has 1 aromatic heterocycles. The average Bonchev–Trinajstić information content (AvgIpc) is 3.04. The van der Waals surface area contributed by atoms with Crippen molar-refractivity contribution in [3.63, 3.8) is 0 Å². The van der Waals surface area contributed by atoms with Gasteiger partial charge >= 0.3 is 6.09 Å². The summed E-state index contributed by atoms with van der Waals surface area (Å²) in [6.45, 7) is 7.31. The average molecular weight is 421 g/mol. The molecule has 1 aliphatic heterocycles. The molecular weight excluding hydrogens is 394 g/mol. The van der Waals surface area contributed by atoms with Crippen LogP contribution in [0.3, 0.4) is 0 Å². The van der Waals surface area contributed by atoms with E-state index in [-0.39, 0.29) is 6.09 Å². The van der Waals surface area contributed by atoms with E-state index in [9.17, 15) is 4.79 Å². The Bertz CT molecular complexity index is 769. The molecule has 2 heterocycles. The highest BCUT2D eigenvalue weighted by molar-refractivity contribution is 9.10. The van der Waals surface area contributed by atoms with Crippen LogP contribution in [0.1, 0.15) is 45.2 Å². The summed E-state index contributed by atoms with van der Waals surface area (Å²) in [5, 5.41) is 4.76. The monoisotopic (exact) mass is 420 g/mol. The molecular formula is C20H27BrN3O2+. The predicted molar refractivity (Wildman–Crippen MR) is 105 cm³/mol. The second-order valence-corrected chi connectivity index (χ2v) is 9.17. The third-order valence-corrected chi connectivity index (χ3v) is 5.42.